The summed E-state index contributed by atoms with van der Waals surface area (Å²) in [4.78, 5) is 28.2. The van der Waals surface area contributed by atoms with Crippen LogP contribution in [0.5, 0.6) is 0 Å². The SMILES string of the molecule is COC(=O)C1CCC(NC(=O)N2CCN(c3ccc(C#N)cc3)CC2)CC1. The molecule has 2 fully saturated rings. The molecule has 1 aromatic carbocycles. The summed E-state index contributed by atoms with van der Waals surface area (Å²) in [6, 6.07) is 9.78. The number of esters is 1. The first kappa shape index (κ1) is 19.0. The van der Waals surface area contributed by atoms with E-state index in [2.05, 4.69) is 16.3 Å². The lowest BCUT2D eigenvalue weighted by atomic mass is 9.86. The Labute approximate surface area is 159 Å². The minimum absolute atomic E-state index is 0.0176. The second kappa shape index (κ2) is 8.76. The number of hydrogen-bond donors (Lipinski definition) is 1. The molecule has 0 aromatic heterocycles. The van der Waals surface area contributed by atoms with E-state index in [0.717, 1.165) is 44.5 Å². The topological polar surface area (TPSA) is 85.7 Å². The molecule has 7 heteroatoms. The number of carbonyl (C=O) groups excluding carboxylic acids is 2. The quantitative estimate of drug-likeness (QED) is 0.824. The fraction of sp³-hybridized carbons (Fsp3) is 0.550. The van der Waals surface area contributed by atoms with Crippen LogP contribution >= 0.6 is 0 Å². The summed E-state index contributed by atoms with van der Waals surface area (Å²) in [7, 11) is 1.42. The number of piperazine rings is 1. The van der Waals surface area contributed by atoms with Crippen molar-refractivity contribution in [1.82, 2.24) is 10.2 Å². The van der Waals surface area contributed by atoms with Crippen LogP contribution in [0.15, 0.2) is 24.3 Å². The average Bonchev–Trinajstić information content (AvgIpc) is 2.74. The summed E-state index contributed by atoms with van der Waals surface area (Å²) >= 11 is 0. The van der Waals surface area contributed by atoms with Crippen LogP contribution in [-0.4, -0.2) is 56.2 Å². The van der Waals surface area contributed by atoms with Crippen molar-refractivity contribution >= 4 is 17.7 Å². The van der Waals surface area contributed by atoms with Crippen LogP contribution in [0.25, 0.3) is 0 Å². The Balaban J connectivity index is 1.43. The minimum atomic E-state index is -0.140. The van der Waals surface area contributed by atoms with Crippen LogP contribution in [0, 0.1) is 17.2 Å². The third-order valence-electron chi connectivity index (χ3n) is 5.52. The van der Waals surface area contributed by atoms with Crippen LogP contribution < -0.4 is 10.2 Å². The van der Waals surface area contributed by atoms with Gasteiger partial charge < -0.3 is 19.9 Å². The smallest absolute Gasteiger partial charge is 0.317 e. The van der Waals surface area contributed by atoms with Crippen LogP contribution in [0.1, 0.15) is 31.2 Å². The van der Waals surface area contributed by atoms with E-state index in [1.54, 1.807) is 0 Å². The van der Waals surface area contributed by atoms with Gasteiger partial charge in [-0.1, -0.05) is 0 Å². The Kier molecular flexibility index (Phi) is 6.17. The van der Waals surface area contributed by atoms with E-state index in [9.17, 15) is 9.59 Å². The lowest BCUT2D eigenvalue weighted by Crippen LogP contribution is -2.54. The number of hydrogen-bond acceptors (Lipinski definition) is 5. The highest BCUT2D eigenvalue weighted by molar-refractivity contribution is 5.75. The van der Waals surface area contributed by atoms with Gasteiger partial charge in [-0.15, -0.1) is 0 Å². The van der Waals surface area contributed by atoms with Gasteiger partial charge in [-0.25, -0.2) is 4.79 Å². The van der Waals surface area contributed by atoms with Crippen LogP contribution in [0.3, 0.4) is 0 Å². The van der Waals surface area contributed by atoms with E-state index < -0.39 is 0 Å². The van der Waals surface area contributed by atoms with E-state index in [4.69, 9.17) is 10.00 Å². The molecule has 0 spiro atoms. The first-order chi connectivity index (χ1) is 13.1. The molecule has 1 aliphatic carbocycles. The van der Waals surface area contributed by atoms with Gasteiger partial charge in [0.25, 0.3) is 0 Å². The molecule has 2 amide bonds. The van der Waals surface area contributed by atoms with Gasteiger partial charge >= 0.3 is 12.0 Å². The number of urea groups is 1. The largest absolute Gasteiger partial charge is 0.469 e. The number of carbonyl (C=O) groups is 2. The molecule has 0 radical (unpaired) electrons. The molecule has 1 aromatic rings. The molecule has 7 nitrogen and oxygen atoms in total. The van der Waals surface area contributed by atoms with E-state index in [1.807, 2.05) is 29.2 Å². The molecular weight excluding hydrogens is 344 g/mol. The van der Waals surface area contributed by atoms with Crippen molar-refractivity contribution in [2.75, 3.05) is 38.2 Å². The molecule has 2 aliphatic rings. The van der Waals surface area contributed by atoms with Crippen molar-refractivity contribution in [1.29, 1.82) is 5.26 Å². The average molecular weight is 370 g/mol. The molecule has 0 bridgehead atoms. The van der Waals surface area contributed by atoms with Crippen molar-refractivity contribution in [3.63, 3.8) is 0 Å². The van der Waals surface area contributed by atoms with E-state index in [1.165, 1.54) is 7.11 Å². The van der Waals surface area contributed by atoms with Crippen molar-refractivity contribution in [3.8, 4) is 6.07 Å². The summed E-state index contributed by atoms with van der Waals surface area (Å²) in [5, 5.41) is 12.0. The molecule has 0 unspecified atom stereocenters. The Morgan fingerprint density at radius 2 is 1.70 bits per heavy atom. The normalized spacial score (nSPS) is 22.7. The van der Waals surface area contributed by atoms with E-state index in [0.29, 0.717) is 18.7 Å². The second-order valence-electron chi connectivity index (χ2n) is 7.15. The number of ether oxygens (including phenoxy) is 1. The van der Waals surface area contributed by atoms with Gasteiger partial charge in [-0.05, 0) is 49.9 Å². The van der Waals surface area contributed by atoms with Gasteiger partial charge in [-0.2, -0.15) is 5.26 Å². The molecule has 144 valence electrons. The van der Waals surface area contributed by atoms with Crippen LogP contribution in [0.2, 0.25) is 0 Å². The van der Waals surface area contributed by atoms with Crippen molar-refractivity contribution < 1.29 is 14.3 Å². The molecule has 0 atom stereocenters. The van der Waals surface area contributed by atoms with Gasteiger partial charge in [0.1, 0.15) is 0 Å². The summed E-state index contributed by atoms with van der Waals surface area (Å²) in [5.41, 5.74) is 1.73. The van der Waals surface area contributed by atoms with Gasteiger partial charge in [-0.3, -0.25) is 4.79 Å². The number of anilines is 1. The predicted molar refractivity (Wildman–Crippen MR) is 101 cm³/mol. The van der Waals surface area contributed by atoms with Crippen molar-refractivity contribution in [2.24, 2.45) is 5.92 Å². The third-order valence-corrected chi connectivity index (χ3v) is 5.52. The highest BCUT2D eigenvalue weighted by atomic mass is 16.5. The fourth-order valence-corrected chi connectivity index (χ4v) is 3.82. The zero-order valence-electron chi connectivity index (χ0n) is 15.7. The molecule has 1 saturated carbocycles. The maximum absolute atomic E-state index is 12.5. The highest BCUT2D eigenvalue weighted by Crippen LogP contribution is 2.25. The number of benzene rings is 1. The maximum Gasteiger partial charge on any atom is 0.317 e. The number of nitriles is 1. The lowest BCUT2D eigenvalue weighted by molar-refractivity contribution is -0.146. The highest BCUT2D eigenvalue weighted by Gasteiger charge is 2.29. The number of nitrogens with one attached hydrogen (secondary N) is 1. The molecular formula is C20H26N4O3. The molecule has 3 rings (SSSR count). The number of rotatable bonds is 3. The Bertz CT molecular complexity index is 697. The Morgan fingerprint density at radius 1 is 1.07 bits per heavy atom. The van der Waals surface area contributed by atoms with Crippen LogP contribution in [-0.2, 0) is 9.53 Å². The zero-order valence-corrected chi connectivity index (χ0v) is 15.7. The first-order valence-corrected chi connectivity index (χ1v) is 9.49. The standard InChI is InChI=1S/C20H26N4O3/c1-27-19(25)16-4-6-17(7-5-16)22-20(26)24-12-10-23(11-13-24)18-8-2-15(14-21)3-9-18/h2-3,8-9,16-17H,4-7,10-13H2,1H3,(H,22,26). The molecule has 1 saturated heterocycles. The first-order valence-electron chi connectivity index (χ1n) is 9.49. The monoisotopic (exact) mass is 370 g/mol. The molecule has 1 aliphatic heterocycles. The number of nitrogens with zero attached hydrogens (tertiary/aromatic N) is 3. The van der Waals surface area contributed by atoms with Crippen LogP contribution in [0.4, 0.5) is 10.5 Å². The van der Waals surface area contributed by atoms with E-state index in [-0.39, 0.29) is 24.0 Å². The third kappa shape index (κ3) is 4.70. The maximum atomic E-state index is 12.5. The summed E-state index contributed by atoms with van der Waals surface area (Å²) in [5.74, 6) is -0.169. The Morgan fingerprint density at radius 3 is 2.26 bits per heavy atom. The zero-order chi connectivity index (χ0) is 19.2. The van der Waals surface area contributed by atoms with Crippen molar-refractivity contribution in [3.05, 3.63) is 29.8 Å². The summed E-state index contributed by atoms with van der Waals surface area (Å²) in [6.07, 6.45) is 3.17. The number of amides is 2. The lowest BCUT2D eigenvalue weighted by Gasteiger charge is -2.37. The number of methoxy groups -OCH3 is 1. The molecule has 1 heterocycles. The molecule has 27 heavy (non-hydrogen) atoms. The van der Waals surface area contributed by atoms with Gasteiger partial charge in [0, 0.05) is 37.9 Å². The van der Waals surface area contributed by atoms with Gasteiger partial charge in [0.15, 0.2) is 0 Å². The summed E-state index contributed by atoms with van der Waals surface area (Å²) < 4.78 is 4.81. The second-order valence-corrected chi connectivity index (χ2v) is 7.15. The fourth-order valence-electron chi connectivity index (χ4n) is 3.82. The summed E-state index contributed by atoms with van der Waals surface area (Å²) in [6.45, 7) is 2.88. The Hall–Kier alpha value is -2.75. The predicted octanol–water partition coefficient (Wildman–Crippen LogP) is 2.12. The van der Waals surface area contributed by atoms with E-state index >= 15 is 0 Å². The van der Waals surface area contributed by atoms with Gasteiger partial charge in [0.05, 0.1) is 24.7 Å². The van der Waals surface area contributed by atoms with Crippen molar-refractivity contribution in [2.45, 2.75) is 31.7 Å². The minimum Gasteiger partial charge on any atom is -0.469 e. The van der Waals surface area contributed by atoms with Gasteiger partial charge in [0.2, 0.25) is 0 Å². The molecule has 1 N–H and O–H groups in total.